The average Bonchev–Trinajstić information content (AvgIpc) is 2.73. The van der Waals surface area contributed by atoms with Gasteiger partial charge < -0.3 is 9.15 Å². The third-order valence-electron chi connectivity index (χ3n) is 2.32. The number of carbonyl (C=O) groups excluding carboxylic acids is 1. The SMILES string of the molecule is CCN(CC)Cc1ccc(C(=O)OC)o1. The van der Waals surface area contributed by atoms with E-state index in [1.54, 1.807) is 6.07 Å². The summed E-state index contributed by atoms with van der Waals surface area (Å²) in [6, 6.07) is 3.45. The van der Waals surface area contributed by atoms with Crippen molar-refractivity contribution in [1.82, 2.24) is 4.90 Å². The van der Waals surface area contributed by atoms with E-state index < -0.39 is 5.97 Å². The molecule has 1 rings (SSSR count). The molecule has 0 aliphatic rings. The van der Waals surface area contributed by atoms with Crippen LogP contribution in [0.2, 0.25) is 0 Å². The fourth-order valence-corrected chi connectivity index (χ4v) is 1.34. The van der Waals surface area contributed by atoms with E-state index in [9.17, 15) is 4.79 Å². The average molecular weight is 211 g/mol. The summed E-state index contributed by atoms with van der Waals surface area (Å²) < 4.78 is 9.92. The molecule has 0 fully saturated rings. The van der Waals surface area contributed by atoms with Crippen molar-refractivity contribution in [2.75, 3.05) is 20.2 Å². The Hall–Kier alpha value is -1.29. The summed E-state index contributed by atoms with van der Waals surface area (Å²) in [7, 11) is 1.34. The lowest BCUT2D eigenvalue weighted by Gasteiger charge is -2.15. The topological polar surface area (TPSA) is 42.7 Å². The van der Waals surface area contributed by atoms with E-state index in [0.29, 0.717) is 0 Å². The molecule has 0 aliphatic heterocycles. The molecule has 0 N–H and O–H groups in total. The number of carbonyl (C=O) groups is 1. The smallest absolute Gasteiger partial charge is 0.373 e. The van der Waals surface area contributed by atoms with Crippen molar-refractivity contribution in [3.8, 4) is 0 Å². The molecule has 0 saturated carbocycles. The Bertz CT molecular complexity index is 315. The van der Waals surface area contributed by atoms with E-state index in [1.807, 2.05) is 6.07 Å². The lowest BCUT2D eigenvalue weighted by Crippen LogP contribution is -2.21. The number of nitrogens with zero attached hydrogens (tertiary/aromatic N) is 1. The molecular formula is C11H17NO3. The second kappa shape index (κ2) is 5.56. The minimum atomic E-state index is -0.430. The fourth-order valence-electron chi connectivity index (χ4n) is 1.34. The Morgan fingerprint density at radius 2 is 2.07 bits per heavy atom. The third kappa shape index (κ3) is 3.09. The Morgan fingerprint density at radius 3 is 2.60 bits per heavy atom. The van der Waals surface area contributed by atoms with Crippen LogP contribution in [0.1, 0.15) is 30.2 Å². The van der Waals surface area contributed by atoms with Crippen LogP contribution in [0.4, 0.5) is 0 Å². The zero-order valence-corrected chi connectivity index (χ0v) is 9.45. The summed E-state index contributed by atoms with van der Waals surface area (Å²) in [5, 5.41) is 0. The first-order valence-electron chi connectivity index (χ1n) is 5.10. The molecule has 0 atom stereocenters. The first-order valence-corrected chi connectivity index (χ1v) is 5.10. The zero-order chi connectivity index (χ0) is 11.3. The van der Waals surface area contributed by atoms with Crippen molar-refractivity contribution >= 4 is 5.97 Å². The normalized spacial score (nSPS) is 10.7. The Labute approximate surface area is 89.8 Å². The van der Waals surface area contributed by atoms with Gasteiger partial charge in [-0.05, 0) is 25.2 Å². The molecule has 1 aromatic rings. The lowest BCUT2D eigenvalue weighted by atomic mass is 10.4. The number of esters is 1. The molecule has 0 radical (unpaired) electrons. The zero-order valence-electron chi connectivity index (χ0n) is 9.45. The summed E-state index contributed by atoms with van der Waals surface area (Å²) in [6.07, 6.45) is 0. The van der Waals surface area contributed by atoms with Crippen molar-refractivity contribution in [2.24, 2.45) is 0 Å². The second-order valence-electron chi connectivity index (χ2n) is 3.22. The Balaban J connectivity index is 2.63. The predicted octanol–water partition coefficient (Wildman–Crippen LogP) is 1.91. The van der Waals surface area contributed by atoms with Crippen molar-refractivity contribution in [2.45, 2.75) is 20.4 Å². The molecular weight excluding hydrogens is 194 g/mol. The molecule has 15 heavy (non-hydrogen) atoms. The largest absolute Gasteiger partial charge is 0.463 e. The quantitative estimate of drug-likeness (QED) is 0.698. The minimum Gasteiger partial charge on any atom is -0.463 e. The van der Waals surface area contributed by atoms with Gasteiger partial charge in [-0.3, -0.25) is 4.90 Å². The van der Waals surface area contributed by atoms with Crippen molar-refractivity contribution in [3.05, 3.63) is 23.7 Å². The van der Waals surface area contributed by atoms with Crippen LogP contribution in [0.3, 0.4) is 0 Å². The molecule has 0 saturated heterocycles. The van der Waals surface area contributed by atoms with Gasteiger partial charge in [-0.15, -0.1) is 0 Å². The highest BCUT2D eigenvalue weighted by atomic mass is 16.5. The lowest BCUT2D eigenvalue weighted by molar-refractivity contribution is 0.0561. The van der Waals surface area contributed by atoms with Crippen LogP contribution in [0.15, 0.2) is 16.5 Å². The molecule has 0 bridgehead atoms. The maximum absolute atomic E-state index is 11.1. The molecule has 0 unspecified atom stereocenters. The summed E-state index contributed by atoms with van der Waals surface area (Å²) in [5.74, 6) is 0.625. The van der Waals surface area contributed by atoms with Crippen LogP contribution in [-0.2, 0) is 11.3 Å². The molecule has 84 valence electrons. The molecule has 0 spiro atoms. The van der Waals surface area contributed by atoms with E-state index in [0.717, 1.165) is 25.4 Å². The van der Waals surface area contributed by atoms with Crippen LogP contribution in [0.5, 0.6) is 0 Å². The van der Waals surface area contributed by atoms with E-state index in [2.05, 4.69) is 23.5 Å². The van der Waals surface area contributed by atoms with Gasteiger partial charge in [0, 0.05) is 0 Å². The molecule has 0 amide bonds. The van der Waals surface area contributed by atoms with Crippen molar-refractivity contribution < 1.29 is 13.9 Å². The standard InChI is InChI=1S/C11H17NO3/c1-4-12(5-2)8-9-6-7-10(15-9)11(13)14-3/h6-7H,4-5,8H2,1-3H3. The maximum atomic E-state index is 11.1. The summed E-state index contributed by atoms with van der Waals surface area (Å²) >= 11 is 0. The Morgan fingerprint density at radius 1 is 1.40 bits per heavy atom. The van der Waals surface area contributed by atoms with Gasteiger partial charge in [0.2, 0.25) is 5.76 Å². The highest BCUT2D eigenvalue weighted by molar-refractivity contribution is 5.86. The second-order valence-corrected chi connectivity index (χ2v) is 3.22. The van der Waals surface area contributed by atoms with Crippen LogP contribution < -0.4 is 0 Å². The maximum Gasteiger partial charge on any atom is 0.373 e. The van der Waals surface area contributed by atoms with Crippen molar-refractivity contribution in [3.63, 3.8) is 0 Å². The van der Waals surface area contributed by atoms with Gasteiger partial charge >= 0.3 is 5.97 Å². The van der Waals surface area contributed by atoms with E-state index in [4.69, 9.17) is 4.42 Å². The van der Waals surface area contributed by atoms with E-state index >= 15 is 0 Å². The number of rotatable bonds is 5. The summed E-state index contributed by atoms with van der Waals surface area (Å²) in [5.41, 5.74) is 0. The first-order chi connectivity index (χ1) is 7.21. The van der Waals surface area contributed by atoms with Crippen molar-refractivity contribution in [1.29, 1.82) is 0 Å². The van der Waals surface area contributed by atoms with Crippen LogP contribution in [0.25, 0.3) is 0 Å². The van der Waals surface area contributed by atoms with Gasteiger partial charge in [-0.1, -0.05) is 13.8 Å². The summed E-state index contributed by atoms with van der Waals surface area (Å²) in [4.78, 5) is 13.3. The monoisotopic (exact) mass is 211 g/mol. The van der Waals surface area contributed by atoms with Gasteiger partial charge in [0.25, 0.3) is 0 Å². The van der Waals surface area contributed by atoms with Gasteiger partial charge in [-0.25, -0.2) is 4.79 Å². The molecule has 1 heterocycles. The highest BCUT2D eigenvalue weighted by Crippen LogP contribution is 2.11. The van der Waals surface area contributed by atoms with Crippen LogP contribution in [0, 0.1) is 0 Å². The van der Waals surface area contributed by atoms with E-state index in [-0.39, 0.29) is 5.76 Å². The Kier molecular flexibility index (Phi) is 4.37. The fraction of sp³-hybridized carbons (Fsp3) is 0.545. The molecule has 4 nitrogen and oxygen atoms in total. The molecule has 0 aromatic carbocycles. The van der Waals surface area contributed by atoms with Gasteiger partial charge in [0.05, 0.1) is 13.7 Å². The summed E-state index contributed by atoms with van der Waals surface area (Å²) in [6.45, 7) is 6.83. The third-order valence-corrected chi connectivity index (χ3v) is 2.32. The number of hydrogen-bond acceptors (Lipinski definition) is 4. The number of hydrogen-bond donors (Lipinski definition) is 0. The number of ether oxygens (including phenoxy) is 1. The molecule has 1 aromatic heterocycles. The predicted molar refractivity (Wildman–Crippen MR) is 56.7 cm³/mol. The number of methoxy groups -OCH3 is 1. The van der Waals surface area contributed by atoms with Gasteiger partial charge in [-0.2, -0.15) is 0 Å². The van der Waals surface area contributed by atoms with Gasteiger partial charge in [0.15, 0.2) is 0 Å². The molecule has 0 aliphatic carbocycles. The van der Waals surface area contributed by atoms with E-state index in [1.165, 1.54) is 7.11 Å². The highest BCUT2D eigenvalue weighted by Gasteiger charge is 2.12. The molecule has 4 heteroatoms. The first kappa shape index (κ1) is 11.8. The van der Waals surface area contributed by atoms with Crippen LogP contribution in [-0.4, -0.2) is 31.1 Å². The number of furan rings is 1. The van der Waals surface area contributed by atoms with Gasteiger partial charge in [0.1, 0.15) is 5.76 Å². The van der Waals surface area contributed by atoms with Crippen LogP contribution >= 0.6 is 0 Å². The minimum absolute atomic E-state index is 0.264.